The van der Waals surface area contributed by atoms with Gasteiger partial charge in [0.05, 0.1) is 17.7 Å². The summed E-state index contributed by atoms with van der Waals surface area (Å²) in [6.07, 6.45) is 4.88. The zero-order valence-electron chi connectivity index (χ0n) is 14.8. The number of imidazole rings is 1. The lowest BCUT2D eigenvalue weighted by atomic mass is 10.1. The number of aromatic nitrogens is 4. The Kier molecular flexibility index (Phi) is 4.54. The number of hydrogen-bond donors (Lipinski definition) is 1. The summed E-state index contributed by atoms with van der Waals surface area (Å²) in [7, 11) is 1.63. The van der Waals surface area contributed by atoms with Crippen molar-refractivity contribution in [1.82, 2.24) is 19.5 Å². The van der Waals surface area contributed by atoms with Crippen molar-refractivity contribution in [2.24, 2.45) is 0 Å². The summed E-state index contributed by atoms with van der Waals surface area (Å²) in [6.45, 7) is 2.45. The van der Waals surface area contributed by atoms with Gasteiger partial charge in [0.1, 0.15) is 17.5 Å². The number of fused-ring (bicyclic) bond motifs is 2. The smallest absolute Gasteiger partial charge is 0.354 e. The Hall–Kier alpha value is -2.91. The number of rotatable bonds is 5. The predicted octanol–water partition coefficient (Wildman–Crippen LogP) is 2.93. The first-order valence-corrected chi connectivity index (χ1v) is 9.03. The summed E-state index contributed by atoms with van der Waals surface area (Å²) in [5.41, 5.74) is 2.62. The van der Waals surface area contributed by atoms with Crippen LogP contribution in [0.1, 0.15) is 21.7 Å². The molecule has 2 aromatic heterocycles. The molecule has 0 radical (unpaired) electrons. The van der Waals surface area contributed by atoms with E-state index in [9.17, 15) is 9.90 Å². The monoisotopic (exact) mass is 383 g/mol. The van der Waals surface area contributed by atoms with Crippen molar-refractivity contribution < 1.29 is 14.6 Å². The van der Waals surface area contributed by atoms with Crippen LogP contribution in [0.5, 0.6) is 0 Å². The summed E-state index contributed by atoms with van der Waals surface area (Å²) in [4.78, 5) is 27.5. The first-order valence-electron chi connectivity index (χ1n) is 8.21. The number of carboxylic acids is 1. The van der Waals surface area contributed by atoms with Gasteiger partial charge < -0.3 is 14.4 Å². The average molecular weight is 383 g/mol. The number of ether oxygens (including phenoxy) is 1. The van der Waals surface area contributed by atoms with Crippen molar-refractivity contribution in [3.63, 3.8) is 0 Å². The normalized spacial score (nSPS) is 12.6. The Bertz CT molecular complexity index is 1020. The molecule has 27 heavy (non-hydrogen) atoms. The average Bonchev–Trinajstić information content (AvgIpc) is 3.02. The van der Waals surface area contributed by atoms with E-state index in [0.717, 1.165) is 27.0 Å². The Balaban J connectivity index is 1.72. The summed E-state index contributed by atoms with van der Waals surface area (Å²) in [5, 5.41) is 10.2. The molecule has 3 aromatic rings. The van der Waals surface area contributed by atoms with Gasteiger partial charge in [-0.3, -0.25) is 4.90 Å². The lowest BCUT2D eigenvalue weighted by molar-refractivity contribution is 0.0685. The number of anilines is 2. The third-order valence-corrected chi connectivity index (χ3v) is 5.30. The lowest BCUT2D eigenvalue weighted by Crippen LogP contribution is -2.24. The standard InChI is InChI=1S/C18H17N5O3S/c1-11-15(18(24)25)22(9-21-11)8-12-3-4-14-13(7-12)23(10-26-2)16-17(27-14)20-6-5-19-16/h3-7,9H,8,10H2,1-2H3,(H,24,25). The van der Waals surface area contributed by atoms with Crippen LogP contribution in [0, 0.1) is 6.92 Å². The Labute approximate surface area is 159 Å². The number of hydrogen-bond acceptors (Lipinski definition) is 7. The minimum Gasteiger partial charge on any atom is -0.477 e. The molecule has 0 atom stereocenters. The molecule has 138 valence electrons. The topological polar surface area (TPSA) is 93.4 Å². The fourth-order valence-corrected chi connectivity index (χ4v) is 4.07. The van der Waals surface area contributed by atoms with Gasteiger partial charge in [-0.25, -0.2) is 19.7 Å². The molecular formula is C18H17N5O3S. The first kappa shape index (κ1) is 17.5. The van der Waals surface area contributed by atoms with Crippen LogP contribution >= 0.6 is 11.8 Å². The van der Waals surface area contributed by atoms with Crippen molar-refractivity contribution in [2.75, 3.05) is 18.7 Å². The molecule has 0 unspecified atom stereocenters. The predicted molar refractivity (Wildman–Crippen MR) is 99.6 cm³/mol. The Morgan fingerprint density at radius 1 is 1.26 bits per heavy atom. The van der Waals surface area contributed by atoms with E-state index in [1.807, 2.05) is 23.1 Å². The molecule has 0 bridgehead atoms. The zero-order chi connectivity index (χ0) is 19.0. The number of carbonyl (C=O) groups is 1. The van der Waals surface area contributed by atoms with Gasteiger partial charge in [0.2, 0.25) is 0 Å². The molecule has 9 heteroatoms. The van der Waals surface area contributed by atoms with E-state index in [4.69, 9.17) is 4.74 Å². The van der Waals surface area contributed by atoms with E-state index in [-0.39, 0.29) is 5.69 Å². The van der Waals surface area contributed by atoms with Gasteiger partial charge >= 0.3 is 5.97 Å². The Morgan fingerprint density at radius 2 is 2.07 bits per heavy atom. The highest BCUT2D eigenvalue weighted by Gasteiger charge is 2.26. The molecule has 3 heterocycles. The number of aromatic carboxylic acids is 1. The molecule has 0 spiro atoms. The molecule has 0 saturated carbocycles. The van der Waals surface area contributed by atoms with E-state index in [0.29, 0.717) is 19.0 Å². The van der Waals surface area contributed by atoms with Crippen LogP contribution in [0.4, 0.5) is 11.5 Å². The minimum absolute atomic E-state index is 0.201. The molecule has 1 N–H and O–H groups in total. The van der Waals surface area contributed by atoms with Gasteiger partial charge in [0, 0.05) is 30.9 Å². The SMILES string of the molecule is COCN1c2cc(Cn3cnc(C)c3C(=O)O)ccc2Sc2nccnc21. The fourth-order valence-electron chi connectivity index (χ4n) is 3.09. The maximum Gasteiger partial charge on any atom is 0.354 e. The number of aryl methyl sites for hydroxylation is 1. The molecule has 1 aliphatic rings. The van der Waals surface area contributed by atoms with Gasteiger partial charge in [0.25, 0.3) is 0 Å². The van der Waals surface area contributed by atoms with E-state index in [1.54, 1.807) is 49.1 Å². The third kappa shape index (κ3) is 3.15. The van der Waals surface area contributed by atoms with Crippen molar-refractivity contribution in [3.8, 4) is 0 Å². The summed E-state index contributed by atoms with van der Waals surface area (Å²) in [6, 6.07) is 6.03. The second-order valence-electron chi connectivity index (χ2n) is 6.05. The van der Waals surface area contributed by atoms with E-state index in [2.05, 4.69) is 15.0 Å². The van der Waals surface area contributed by atoms with E-state index < -0.39 is 5.97 Å². The van der Waals surface area contributed by atoms with E-state index in [1.165, 1.54) is 0 Å². The lowest BCUT2D eigenvalue weighted by Gasteiger charge is -2.30. The van der Waals surface area contributed by atoms with Crippen LogP contribution in [0.2, 0.25) is 0 Å². The van der Waals surface area contributed by atoms with Gasteiger partial charge in [0.15, 0.2) is 5.82 Å². The Morgan fingerprint density at radius 3 is 2.85 bits per heavy atom. The quantitative estimate of drug-likeness (QED) is 0.719. The summed E-state index contributed by atoms with van der Waals surface area (Å²) < 4.78 is 7.01. The number of benzene rings is 1. The third-order valence-electron chi connectivity index (χ3n) is 4.26. The highest BCUT2D eigenvalue weighted by Crippen LogP contribution is 2.46. The van der Waals surface area contributed by atoms with Crippen molar-refractivity contribution in [2.45, 2.75) is 23.4 Å². The second-order valence-corrected chi connectivity index (χ2v) is 7.08. The van der Waals surface area contributed by atoms with Crippen molar-refractivity contribution >= 4 is 29.2 Å². The summed E-state index contributed by atoms with van der Waals surface area (Å²) in [5.74, 6) is -0.234. The van der Waals surface area contributed by atoms with Crippen LogP contribution in [-0.2, 0) is 11.3 Å². The molecular weight excluding hydrogens is 366 g/mol. The molecule has 4 rings (SSSR count). The van der Waals surface area contributed by atoms with Gasteiger partial charge in [-0.15, -0.1) is 0 Å². The second kappa shape index (κ2) is 7.01. The first-order chi connectivity index (χ1) is 13.1. The van der Waals surface area contributed by atoms with Gasteiger partial charge in [-0.1, -0.05) is 17.8 Å². The summed E-state index contributed by atoms with van der Waals surface area (Å²) >= 11 is 1.56. The molecule has 8 nitrogen and oxygen atoms in total. The molecule has 0 aliphatic carbocycles. The van der Waals surface area contributed by atoms with Crippen LogP contribution < -0.4 is 4.90 Å². The van der Waals surface area contributed by atoms with Crippen LogP contribution in [0.25, 0.3) is 0 Å². The molecule has 0 fully saturated rings. The highest BCUT2D eigenvalue weighted by atomic mass is 32.2. The number of nitrogens with zero attached hydrogens (tertiary/aromatic N) is 5. The largest absolute Gasteiger partial charge is 0.477 e. The number of carboxylic acid groups (broad SMARTS) is 1. The number of methoxy groups -OCH3 is 1. The van der Waals surface area contributed by atoms with Crippen molar-refractivity contribution in [3.05, 3.63) is 53.9 Å². The maximum atomic E-state index is 11.5. The molecule has 0 amide bonds. The van der Waals surface area contributed by atoms with Gasteiger partial charge in [-0.05, 0) is 24.6 Å². The van der Waals surface area contributed by atoms with Crippen LogP contribution in [-0.4, -0.2) is 44.4 Å². The maximum absolute atomic E-state index is 11.5. The highest BCUT2D eigenvalue weighted by molar-refractivity contribution is 7.99. The molecule has 1 aromatic carbocycles. The van der Waals surface area contributed by atoms with Crippen LogP contribution in [0.3, 0.4) is 0 Å². The fraction of sp³-hybridized carbons (Fsp3) is 0.222. The van der Waals surface area contributed by atoms with E-state index >= 15 is 0 Å². The molecule has 0 saturated heterocycles. The van der Waals surface area contributed by atoms with Crippen LogP contribution in [0.15, 0.2) is 46.8 Å². The van der Waals surface area contributed by atoms with Crippen molar-refractivity contribution in [1.29, 1.82) is 0 Å². The zero-order valence-corrected chi connectivity index (χ0v) is 15.6. The van der Waals surface area contributed by atoms with Gasteiger partial charge in [-0.2, -0.15) is 0 Å². The minimum atomic E-state index is -0.983. The molecule has 1 aliphatic heterocycles.